The van der Waals surface area contributed by atoms with Crippen molar-refractivity contribution < 1.29 is 8.42 Å². The minimum atomic E-state index is -3.43. The van der Waals surface area contributed by atoms with Crippen LogP contribution in [0.1, 0.15) is 25.0 Å². The van der Waals surface area contributed by atoms with Gasteiger partial charge in [-0.2, -0.15) is 0 Å². The number of rotatable bonds is 6. The molecule has 22 heavy (non-hydrogen) atoms. The van der Waals surface area contributed by atoms with E-state index in [2.05, 4.69) is 4.72 Å². The molecule has 0 unspecified atom stereocenters. The summed E-state index contributed by atoms with van der Waals surface area (Å²) in [6, 6.07) is 16.3. The van der Waals surface area contributed by atoms with Gasteiger partial charge in [-0.25, -0.2) is 13.1 Å². The Morgan fingerprint density at radius 2 is 1.59 bits per heavy atom. The Morgan fingerprint density at radius 1 is 1.00 bits per heavy atom. The Labute approximate surface area is 132 Å². The van der Waals surface area contributed by atoms with E-state index in [0.717, 1.165) is 11.1 Å². The summed E-state index contributed by atoms with van der Waals surface area (Å²) in [5.41, 5.74) is 7.80. The van der Waals surface area contributed by atoms with Gasteiger partial charge < -0.3 is 5.73 Å². The van der Waals surface area contributed by atoms with Crippen LogP contribution in [0.25, 0.3) is 0 Å². The second-order valence-electron chi connectivity index (χ2n) is 5.88. The fourth-order valence-electron chi connectivity index (χ4n) is 2.11. The number of nitrogens with one attached hydrogen (secondary N) is 1. The van der Waals surface area contributed by atoms with Crippen molar-refractivity contribution in [1.29, 1.82) is 0 Å². The summed E-state index contributed by atoms with van der Waals surface area (Å²) >= 11 is 0. The molecule has 0 atom stereocenters. The van der Waals surface area contributed by atoms with E-state index in [9.17, 15) is 8.42 Å². The molecule has 4 nitrogen and oxygen atoms in total. The van der Waals surface area contributed by atoms with Crippen LogP contribution in [0.2, 0.25) is 0 Å². The molecule has 0 spiro atoms. The zero-order chi connectivity index (χ0) is 16.2. The highest BCUT2D eigenvalue weighted by Crippen LogP contribution is 2.17. The molecule has 3 N–H and O–H groups in total. The molecular weight excluding hydrogens is 296 g/mol. The van der Waals surface area contributed by atoms with Gasteiger partial charge in [0, 0.05) is 12.1 Å². The molecule has 2 rings (SSSR count). The van der Waals surface area contributed by atoms with Crippen LogP contribution in [0.5, 0.6) is 0 Å². The van der Waals surface area contributed by atoms with E-state index in [1.807, 2.05) is 38.1 Å². The van der Waals surface area contributed by atoms with E-state index >= 15 is 0 Å². The quantitative estimate of drug-likeness (QED) is 0.859. The smallest absolute Gasteiger partial charge is 0.240 e. The standard InChI is InChI=1S/C17H22N2O2S/c1-17(2,18)15-10-8-14(9-11-15)12-13-19-22(20,21)16-6-4-3-5-7-16/h3-11,19H,12-13,18H2,1-2H3. The SMILES string of the molecule is CC(C)(N)c1ccc(CCNS(=O)(=O)c2ccccc2)cc1. The summed E-state index contributed by atoms with van der Waals surface area (Å²) in [7, 11) is -3.43. The van der Waals surface area contributed by atoms with Gasteiger partial charge in [0.25, 0.3) is 0 Å². The fraction of sp³-hybridized carbons (Fsp3) is 0.294. The maximum Gasteiger partial charge on any atom is 0.240 e. The lowest BCUT2D eigenvalue weighted by atomic mass is 9.94. The summed E-state index contributed by atoms with van der Waals surface area (Å²) < 4.78 is 26.8. The Bertz CT molecular complexity index is 703. The first-order valence-corrected chi connectivity index (χ1v) is 8.70. The van der Waals surface area contributed by atoms with Gasteiger partial charge in [0.15, 0.2) is 0 Å². The molecule has 0 bridgehead atoms. The Balaban J connectivity index is 1.94. The van der Waals surface area contributed by atoms with Crippen molar-refractivity contribution in [2.24, 2.45) is 5.73 Å². The first kappa shape index (κ1) is 16.7. The lowest BCUT2D eigenvalue weighted by molar-refractivity contribution is 0.554. The van der Waals surface area contributed by atoms with E-state index in [-0.39, 0.29) is 10.4 Å². The van der Waals surface area contributed by atoms with Crippen molar-refractivity contribution in [2.75, 3.05) is 6.54 Å². The van der Waals surface area contributed by atoms with Gasteiger partial charge in [-0.05, 0) is 43.5 Å². The van der Waals surface area contributed by atoms with E-state index in [4.69, 9.17) is 5.73 Å². The van der Waals surface area contributed by atoms with Crippen molar-refractivity contribution in [2.45, 2.75) is 30.7 Å². The number of hydrogen-bond acceptors (Lipinski definition) is 3. The lowest BCUT2D eigenvalue weighted by Gasteiger charge is -2.19. The third kappa shape index (κ3) is 4.40. The van der Waals surface area contributed by atoms with Crippen LogP contribution in [0.3, 0.4) is 0 Å². The van der Waals surface area contributed by atoms with Gasteiger partial charge >= 0.3 is 0 Å². The fourth-order valence-corrected chi connectivity index (χ4v) is 3.17. The lowest BCUT2D eigenvalue weighted by Crippen LogP contribution is -2.28. The summed E-state index contributed by atoms with van der Waals surface area (Å²) in [5, 5.41) is 0. The molecule has 0 radical (unpaired) electrons. The molecule has 0 aromatic heterocycles. The zero-order valence-electron chi connectivity index (χ0n) is 12.9. The second-order valence-corrected chi connectivity index (χ2v) is 7.65. The predicted octanol–water partition coefficient (Wildman–Crippen LogP) is 2.40. The van der Waals surface area contributed by atoms with Gasteiger partial charge in [-0.1, -0.05) is 42.5 Å². The van der Waals surface area contributed by atoms with E-state index in [1.54, 1.807) is 30.3 Å². The number of nitrogens with two attached hydrogens (primary N) is 1. The third-order valence-corrected chi connectivity index (χ3v) is 4.93. The van der Waals surface area contributed by atoms with E-state index < -0.39 is 10.0 Å². The van der Waals surface area contributed by atoms with Crippen molar-refractivity contribution in [1.82, 2.24) is 4.72 Å². The maximum absolute atomic E-state index is 12.1. The summed E-state index contributed by atoms with van der Waals surface area (Å²) in [5.74, 6) is 0. The maximum atomic E-state index is 12.1. The molecular formula is C17H22N2O2S. The summed E-state index contributed by atoms with van der Waals surface area (Å²) in [4.78, 5) is 0.287. The van der Waals surface area contributed by atoms with Gasteiger partial charge in [0.1, 0.15) is 0 Å². The molecule has 0 saturated carbocycles. The second kappa shape index (κ2) is 6.60. The highest BCUT2D eigenvalue weighted by atomic mass is 32.2. The average Bonchev–Trinajstić information content (AvgIpc) is 2.48. The number of benzene rings is 2. The molecule has 118 valence electrons. The predicted molar refractivity (Wildman–Crippen MR) is 89.0 cm³/mol. The Morgan fingerprint density at radius 3 is 2.14 bits per heavy atom. The van der Waals surface area contributed by atoms with Crippen LogP contribution in [0.15, 0.2) is 59.5 Å². The highest BCUT2D eigenvalue weighted by Gasteiger charge is 2.14. The monoisotopic (exact) mass is 318 g/mol. The van der Waals surface area contributed by atoms with E-state index in [1.165, 1.54) is 0 Å². The van der Waals surface area contributed by atoms with Crippen molar-refractivity contribution in [3.05, 3.63) is 65.7 Å². The zero-order valence-corrected chi connectivity index (χ0v) is 13.7. The molecule has 2 aromatic rings. The average molecular weight is 318 g/mol. The molecule has 0 heterocycles. The van der Waals surface area contributed by atoms with Gasteiger partial charge in [0.05, 0.1) is 4.90 Å². The molecule has 0 saturated heterocycles. The van der Waals surface area contributed by atoms with Crippen LogP contribution in [0.4, 0.5) is 0 Å². The van der Waals surface area contributed by atoms with Gasteiger partial charge in [-0.3, -0.25) is 0 Å². The van der Waals surface area contributed by atoms with Crippen LogP contribution in [-0.4, -0.2) is 15.0 Å². The van der Waals surface area contributed by atoms with Crippen molar-refractivity contribution >= 4 is 10.0 Å². The summed E-state index contributed by atoms with van der Waals surface area (Å²) in [6.45, 7) is 4.27. The van der Waals surface area contributed by atoms with Crippen LogP contribution in [-0.2, 0) is 22.0 Å². The van der Waals surface area contributed by atoms with Crippen LogP contribution >= 0.6 is 0 Å². The Hall–Kier alpha value is -1.69. The molecule has 0 aliphatic carbocycles. The normalized spacial score (nSPS) is 12.3. The minimum absolute atomic E-state index is 0.287. The molecule has 0 aliphatic rings. The first-order chi connectivity index (χ1) is 10.3. The largest absolute Gasteiger partial charge is 0.322 e. The molecule has 0 amide bonds. The third-order valence-electron chi connectivity index (χ3n) is 3.46. The van der Waals surface area contributed by atoms with E-state index in [0.29, 0.717) is 13.0 Å². The molecule has 5 heteroatoms. The first-order valence-electron chi connectivity index (χ1n) is 7.22. The van der Waals surface area contributed by atoms with Crippen LogP contribution < -0.4 is 10.5 Å². The van der Waals surface area contributed by atoms with Gasteiger partial charge in [-0.15, -0.1) is 0 Å². The highest BCUT2D eigenvalue weighted by molar-refractivity contribution is 7.89. The topological polar surface area (TPSA) is 72.2 Å². The Kier molecular flexibility index (Phi) is 5.01. The van der Waals surface area contributed by atoms with Crippen molar-refractivity contribution in [3.63, 3.8) is 0 Å². The van der Waals surface area contributed by atoms with Crippen LogP contribution in [0, 0.1) is 0 Å². The molecule has 0 fully saturated rings. The van der Waals surface area contributed by atoms with Gasteiger partial charge in [0.2, 0.25) is 10.0 Å². The molecule has 2 aromatic carbocycles. The molecule has 0 aliphatic heterocycles. The number of sulfonamides is 1. The minimum Gasteiger partial charge on any atom is -0.322 e. The number of hydrogen-bond donors (Lipinski definition) is 2. The summed E-state index contributed by atoms with van der Waals surface area (Å²) in [6.07, 6.45) is 0.636. The van der Waals surface area contributed by atoms with Crippen molar-refractivity contribution in [3.8, 4) is 0 Å².